The lowest BCUT2D eigenvalue weighted by Crippen LogP contribution is -2.08. The van der Waals surface area contributed by atoms with Gasteiger partial charge in [0.05, 0.1) is 0 Å². The third kappa shape index (κ3) is 2.40. The summed E-state index contributed by atoms with van der Waals surface area (Å²) in [6.07, 6.45) is 0. The van der Waals surface area contributed by atoms with Gasteiger partial charge in [-0.25, -0.2) is 5.73 Å². The van der Waals surface area contributed by atoms with E-state index >= 15 is 0 Å². The summed E-state index contributed by atoms with van der Waals surface area (Å²) in [7, 11) is -5.41. The minimum Gasteiger partial charge on any atom is -0.240 e. The van der Waals surface area contributed by atoms with E-state index in [9.17, 15) is 9.13 Å². The van der Waals surface area contributed by atoms with Crippen LogP contribution in [0.2, 0.25) is 0 Å². The van der Waals surface area contributed by atoms with E-state index in [1.165, 1.54) is 0 Å². The lowest BCUT2D eigenvalue weighted by atomic mass is 11.5. The van der Waals surface area contributed by atoms with Crippen LogP contribution in [0.1, 0.15) is 0 Å². The van der Waals surface area contributed by atoms with Crippen molar-refractivity contribution in [3.8, 4) is 0 Å². The van der Waals surface area contributed by atoms with Crippen LogP contribution in [-0.4, -0.2) is 15.3 Å². The van der Waals surface area contributed by atoms with Crippen molar-refractivity contribution >= 4 is 16.1 Å². The van der Waals surface area contributed by atoms with E-state index in [0.29, 0.717) is 0 Å². The Kier molecular flexibility index (Phi) is 3.21. The summed E-state index contributed by atoms with van der Waals surface area (Å²) in [6, 6.07) is 0. The van der Waals surface area contributed by atoms with Crippen LogP contribution in [0.3, 0.4) is 0 Å². The fourth-order valence-electron chi connectivity index (χ4n) is 0.0845. The van der Waals surface area contributed by atoms with Gasteiger partial charge in [-0.2, -0.15) is 9.79 Å². The third-order valence-electron chi connectivity index (χ3n) is 0.453. The van der Waals surface area contributed by atoms with Gasteiger partial charge in [0, 0.05) is 0 Å². The van der Waals surface area contributed by atoms with Crippen molar-refractivity contribution in [2.24, 2.45) is 5.73 Å². The van der Waals surface area contributed by atoms with Crippen LogP contribution in [0.15, 0.2) is 0 Å². The standard InChI is InChI=1S/CH3NO4P2/c2-1(7(3)4)8(5)6/h1H,2H2/p+2. The smallest absolute Gasteiger partial charge is 0.240 e. The molecule has 7 heteroatoms. The molecule has 0 aliphatic heterocycles. The summed E-state index contributed by atoms with van der Waals surface area (Å²) in [6.45, 7) is 0. The molecule has 0 bridgehead atoms. The van der Waals surface area contributed by atoms with Crippen molar-refractivity contribution in [2.45, 2.75) is 5.52 Å². The maximum Gasteiger partial charge on any atom is 0.582 e. The van der Waals surface area contributed by atoms with E-state index in [2.05, 4.69) is 0 Å². The molecule has 0 aromatic heterocycles. The summed E-state index contributed by atoms with van der Waals surface area (Å²) in [4.78, 5) is 16.1. The lowest BCUT2D eigenvalue weighted by molar-refractivity contribution is 0.479. The predicted molar refractivity (Wildman–Crippen MR) is 27.6 cm³/mol. The highest BCUT2D eigenvalue weighted by molar-refractivity contribution is 7.57. The molecule has 0 radical (unpaired) electrons. The quantitative estimate of drug-likeness (QED) is 0.477. The molecule has 2 unspecified atom stereocenters. The molecule has 4 N–H and O–H groups in total. The van der Waals surface area contributed by atoms with E-state index in [1.54, 1.807) is 0 Å². The van der Waals surface area contributed by atoms with Crippen molar-refractivity contribution in [1.29, 1.82) is 0 Å². The first-order valence-corrected chi connectivity index (χ1v) is 4.18. The monoisotopic (exact) mass is 157 g/mol. The van der Waals surface area contributed by atoms with Gasteiger partial charge >= 0.3 is 21.6 Å². The first-order valence-electron chi connectivity index (χ1n) is 1.61. The van der Waals surface area contributed by atoms with Gasteiger partial charge in [0.2, 0.25) is 0 Å². The Morgan fingerprint density at radius 3 is 1.50 bits per heavy atom. The molecule has 0 saturated carbocycles. The van der Waals surface area contributed by atoms with Crippen LogP contribution in [0.4, 0.5) is 0 Å². The number of hydrogen-bond donors (Lipinski definition) is 3. The summed E-state index contributed by atoms with van der Waals surface area (Å²) in [5.41, 5.74) is 3.19. The minimum absolute atomic E-state index is 1.50. The average molecular weight is 157 g/mol. The van der Waals surface area contributed by atoms with Gasteiger partial charge in [0.25, 0.3) is 0 Å². The van der Waals surface area contributed by atoms with Crippen molar-refractivity contribution in [1.82, 2.24) is 0 Å². The fraction of sp³-hybridized carbons (Fsp3) is 1.00. The molecular weight excluding hydrogens is 152 g/mol. The highest BCUT2D eigenvalue weighted by atomic mass is 31.2. The summed E-state index contributed by atoms with van der Waals surface area (Å²) < 4.78 is 19.6. The molecule has 0 aliphatic carbocycles. The molecule has 0 rings (SSSR count). The molecule has 0 amide bonds. The third-order valence-corrected chi connectivity index (χ3v) is 2.54. The van der Waals surface area contributed by atoms with E-state index in [1.807, 2.05) is 0 Å². The maximum absolute atomic E-state index is 9.82. The fourth-order valence-corrected chi connectivity index (χ4v) is 0.761. The number of rotatable bonds is 2. The Hall–Kier alpha value is 0.0800. The molecule has 0 aromatic rings. The average Bonchev–Trinajstić information content (AvgIpc) is 1.64. The van der Waals surface area contributed by atoms with Gasteiger partial charge in [-0.1, -0.05) is 0 Å². The van der Waals surface area contributed by atoms with Crippen LogP contribution in [-0.2, 0) is 9.13 Å². The minimum atomic E-state index is -2.71. The van der Waals surface area contributed by atoms with Crippen LogP contribution in [0.25, 0.3) is 0 Å². The topological polar surface area (TPSA) is 101 Å². The van der Waals surface area contributed by atoms with Gasteiger partial charge in [-0.3, -0.25) is 0 Å². The predicted octanol–water partition coefficient (Wildman–Crippen LogP) is -0.302. The first kappa shape index (κ1) is 8.08. The SMILES string of the molecule is NC([P+](=O)O)[P+](=O)O. The number of nitrogens with two attached hydrogens (primary N) is 1. The van der Waals surface area contributed by atoms with E-state index in [0.717, 1.165) is 0 Å². The molecule has 2 atom stereocenters. The van der Waals surface area contributed by atoms with Gasteiger partial charge in [0.15, 0.2) is 0 Å². The summed E-state index contributed by atoms with van der Waals surface area (Å²) >= 11 is 0. The molecule has 46 valence electrons. The second-order valence-corrected chi connectivity index (χ2v) is 3.75. The number of hydrogen-bond acceptors (Lipinski definition) is 3. The second-order valence-electron chi connectivity index (χ2n) is 1.02. The molecule has 0 aliphatic rings. The maximum atomic E-state index is 9.82. The zero-order valence-electron chi connectivity index (χ0n) is 3.76. The molecule has 0 heterocycles. The Labute approximate surface area is 47.3 Å². The summed E-state index contributed by atoms with van der Waals surface area (Å²) in [5.74, 6) is 0. The van der Waals surface area contributed by atoms with Crippen LogP contribution >= 0.6 is 16.1 Å². The van der Waals surface area contributed by atoms with Crippen LogP contribution in [0, 0.1) is 0 Å². The largest absolute Gasteiger partial charge is 0.582 e. The van der Waals surface area contributed by atoms with Gasteiger partial charge in [-0.15, -0.1) is 0 Å². The van der Waals surface area contributed by atoms with E-state index < -0.39 is 21.6 Å². The van der Waals surface area contributed by atoms with Crippen molar-refractivity contribution in [3.05, 3.63) is 0 Å². The summed E-state index contributed by atoms with van der Waals surface area (Å²) in [5, 5.41) is 0. The Balaban J connectivity index is 3.83. The highest BCUT2D eigenvalue weighted by Crippen LogP contribution is 2.34. The highest BCUT2D eigenvalue weighted by Gasteiger charge is 2.43. The molecule has 0 spiro atoms. The Morgan fingerprint density at radius 2 is 1.50 bits per heavy atom. The Bertz CT molecular complexity index is 109. The van der Waals surface area contributed by atoms with Crippen molar-refractivity contribution in [2.75, 3.05) is 0 Å². The first-order chi connectivity index (χ1) is 3.55. The normalized spacial score (nSPS) is 17.4. The lowest BCUT2D eigenvalue weighted by Gasteiger charge is -1.71. The van der Waals surface area contributed by atoms with Gasteiger partial charge in [-0.05, 0) is 9.13 Å². The van der Waals surface area contributed by atoms with Crippen molar-refractivity contribution < 1.29 is 18.9 Å². The molecule has 0 aromatic carbocycles. The zero-order valence-corrected chi connectivity index (χ0v) is 5.55. The Morgan fingerprint density at radius 1 is 1.25 bits per heavy atom. The van der Waals surface area contributed by atoms with Crippen LogP contribution < -0.4 is 5.73 Å². The van der Waals surface area contributed by atoms with Crippen molar-refractivity contribution in [3.63, 3.8) is 0 Å². The van der Waals surface area contributed by atoms with E-state index in [-0.39, 0.29) is 0 Å². The molecule has 8 heavy (non-hydrogen) atoms. The van der Waals surface area contributed by atoms with Gasteiger partial charge in [0.1, 0.15) is 0 Å². The zero-order chi connectivity index (χ0) is 6.73. The molecule has 5 nitrogen and oxygen atoms in total. The molecule has 0 fully saturated rings. The van der Waals surface area contributed by atoms with Gasteiger partial charge < -0.3 is 0 Å². The molecule has 0 saturated heterocycles. The van der Waals surface area contributed by atoms with Crippen LogP contribution in [0.5, 0.6) is 0 Å². The second kappa shape index (κ2) is 3.17. The van der Waals surface area contributed by atoms with E-state index in [4.69, 9.17) is 15.5 Å². The molecular formula is CH5NO4P2+2.